The van der Waals surface area contributed by atoms with Crippen molar-refractivity contribution < 1.29 is 4.74 Å². The van der Waals surface area contributed by atoms with Gasteiger partial charge in [-0.2, -0.15) is 0 Å². The van der Waals surface area contributed by atoms with Gasteiger partial charge in [0, 0.05) is 18.4 Å². The second-order valence-corrected chi connectivity index (χ2v) is 6.21. The molecular weight excluding hydrogens is 318 g/mol. The second-order valence-electron chi connectivity index (χ2n) is 5.22. The molecule has 4 nitrogen and oxygen atoms in total. The number of hydrogen-bond acceptors (Lipinski definition) is 4. The summed E-state index contributed by atoms with van der Waals surface area (Å²) in [6.07, 6.45) is 4.26. The van der Waals surface area contributed by atoms with E-state index in [1.165, 1.54) is 5.56 Å². The highest BCUT2D eigenvalue weighted by Crippen LogP contribution is 2.25. The van der Waals surface area contributed by atoms with Gasteiger partial charge in [0.25, 0.3) is 0 Å². The number of rotatable bonds is 6. The molecule has 122 valence electrons. The lowest BCUT2D eigenvalue weighted by Crippen LogP contribution is -1.95. The van der Waals surface area contributed by atoms with Gasteiger partial charge in [0.05, 0.1) is 7.11 Å². The van der Waals surface area contributed by atoms with E-state index < -0.39 is 0 Å². The van der Waals surface area contributed by atoms with E-state index in [1.807, 2.05) is 54.1 Å². The molecule has 0 saturated heterocycles. The molecule has 1 heterocycles. The molecule has 0 aliphatic rings. The highest BCUT2D eigenvalue weighted by atomic mass is 32.2. The van der Waals surface area contributed by atoms with Crippen LogP contribution in [0.3, 0.4) is 0 Å². The van der Waals surface area contributed by atoms with Crippen molar-refractivity contribution in [2.75, 3.05) is 12.9 Å². The highest BCUT2D eigenvalue weighted by molar-refractivity contribution is 7.99. The van der Waals surface area contributed by atoms with E-state index in [1.54, 1.807) is 18.9 Å². The molecule has 0 spiro atoms. The van der Waals surface area contributed by atoms with Crippen LogP contribution in [0.2, 0.25) is 0 Å². The summed E-state index contributed by atoms with van der Waals surface area (Å²) in [5.74, 6) is 2.50. The van der Waals surface area contributed by atoms with Crippen LogP contribution in [0.25, 0.3) is 17.5 Å². The first-order chi connectivity index (χ1) is 11.8. The Balaban J connectivity index is 1.67. The third-order valence-electron chi connectivity index (χ3n) is 3.58. The number of benzene rings is 2. The Morgan fingerprint density at radius 1 is 1.08 bits per heavy atom. The summed E-state index contributed by atoms with van der Waals surface area (Å²) in [6, 6.07) is 18.1. The van der Waals surface area contributed by atoms with Crippen LogP contribution in [0.4, 0.5) is 0 Å². The molecule has 5 heteroatoms. The normalized spacial score (nSPS) is 11.1. The van der Waals surface area contributed by atoms with Crippen molar-refractivity contribution >= 4 is 17.8 Å². The van der Waals surface area contributed by atoms with Crippen LogP contribution < -0.4 is 4.74 Å². The number of aromatic nitrogens is 3. The molecule has 24 heavy (non-hydrogen) atoms. The first-order valence-corrected chi connectivity index (χ1v) is 8.64. The maximum absolute atomic E-state index is 5.27. The van der Waals surface area contributed by atoms with Crippen LogP contribution in [0.1, 0.15) is 5.56 Å². The van der Waals surface area contributed by atoms with Crippen molar-refractivity contribution in [2.24, 2.45) is 7.05 Å². The van der Waals surface area contributed by atoms with Crippen molar-refractivity contribution in [3.63, 3.8) is 0 Å². The van der Waals surface area contributed by atoms with E-state index in [2.05, 4.69) is 34.5 Å². The van der Waals surface area contributed by atoms with Gasteiger partial charge in [-0.15, -0.1) is 10.2 Å². The van der Waals surface area contributed by atoms with E-state index in [0.29, 0.717) is 0 Å². The second kappa shape index (κ2) is 7.84. The van der Waals surface area contributed by atoms with Gasteiger partial charge in [-0.3, -0.25) is 0 Å². The van der Waals surface area contributed by atoms with Crippen LogP contribution in [0.5, 0.6) is 5.75 Å². The predicted octanol–water partition coefficient (Wildman–Crippen LogP) is 4.30. The zero-order valence-electron chi connectivity index (χ0n) is 13.7. The van der Waals surface area contributed by atoms with E-state index >= 15 is 0 Å². The molecule has 1 aromatic heterocycles. The maximum Gasteiger partial charge on any atom is 0.191 e. The van der Waals surface area contributed by atoms with Gasteiger partial charge in [-0.05, 0) is 17.7 Å². The fourth-order valence-electron chi connectivity index (χ4n) is 2.33. The van der Waals surface area contributed by atoms with Crippen LogP contribution in [0, 0.1) is 0 Å². The molecule has 0 amide bonds. The van der Waals surface area contributed by atoms with E-state index in [9.17, 15) is 0 Å². The summed E-state index contributed by atoms with van der Waals surface area (Å²) in [7, 11) is 3.65. The zero-order valence-corrected chi connectivity index (χ0v) is 14.5. The van der Waals surface area contributed by atoms with Gasteiger partial charge in [0.1, 0.15) is 5.75 Å². The first-order valence-electron chi connectivity index (χ1n) is 7.66. The third-order valence-corrected chi connectivity index (χ3v) is 4.55. The Kier molecular flexibility index (Phi) is 5.33. The van der Waals surface area contributed by atoms with Crippen molar-refractivity contribution in [1.82, 2.24) is 14.8 Å². The van der Waals surface area contributed by atoms with Gasteiger partial charge in [-0.1, -0.05) is 66.4 Å². The van der Waals surface area contributed by atoms with Crippen molar-refractivity contribution in [3.05, 3.63) is 66.2 Å². The number of ether oxygens (including phenoxy) is 1. The number of methoxy groups -OCH3 is 1. The molecule has 0 fully saturated rings. The number of thioether (sulfide) groups is 1. The summed E-state index contributed by atoms with van der Waals surface area (Å²) >= 11 is 1.66. The summed E-state index contributed by atoms with van der Waals surface area (Å²) < 4.78 is 7.28. The molecule has 0 bridgehead atoms. The van der Waals surface area contributed by atoms with E-state index in [-0.39, 0.29) is 0 Å². The van der Waals surface area contributed by atoms with E-state index in [4.69, 9.17) is 4.74 Å². The Bertz CT molecular complexity index is 828. The third kappa shape index (κ3) is 3.86. The molecular formula is C19H19N3OS. The predicted molar refractivity (Wildman–Crippen MR) is 99.2 cm³/mol. The summed E-state index contributed by atoms with van der Waals surface area (Å²) in [5, 5.41) is 9.50. The molecule has 3 rings (SSSR count). The lowest BCUT2D eigenvalue weighted by Gasteiger charge is -2.05. The minimum atomic E-state index is 0.815. The van der Waals surface area contributed by atoms with Crippen LogP contribution in [-0.2, 0) is 7.05 Å². The van der Waals surface area contributed by atoms with Crippen LogP contribution in [-0.4, -0.2) is 27.6 Å². The molecule has 0 unspecified atom stereocenters. The molecule has 0 aliphatic heterocycles. The Hall–Kier alpha value is -2.53. The topological polar surface area (TPSA) is 39.9 Å². The van der Waals surface area contributed by atoms with Crippen molar-refractivity contribution in [2.45, 2.75) is 5.16 Å². The van der Waals surface area contributed by atoms with Crippen LogP contribution >= 0.6 is 11.8 Å². The van der Waals surface area contributed by atoms with Gasteiger partial charge in [0.15, 0.2) is 11.0 Å². The summed E-state index contributed by atoms with van der Waals surface area (Å²) in [5.41, 5.74) is 2.20. The van der Waals surface area contributed by atoms with Crippen molar-refractivity contribution in [3.8, 4) is 17.1 Å². The van der Waals surface area contributed by atoms with Gasteiger partial charge >= 0.3 is 0 Å². The fourth-order valence-corrected chi connectivity index (χ4v) is 3.05. The standard InChI is InChI=1S/C19H19N3OS/c1-22-18(16-11-6-12-17(14-16)23-2)20-21-19(22)24-13-7-10-15-8-4-3-5-9-15/h3-12,14H,13H2,1-2H3. The monoisotopic (exact) mass is 337 g/mol. The fraction of sp³-hybridized carbons (Fsp3) is 0.158. The smallest absolute Gasteiger partial charge is 0.191 e. The lowest BCUT2D eigenvalue weighted by atomic mass is 10.2. The molecule has 0 N–H and O–H groups in total. The van der Waals surface area contributed by atoms with Crippen LogP contribution in [0.15, 0.2) is 65.8 Å². The molecule has 2 aromatic carbocycles. The lowest BCUT2D eigenvalue weighted by molar-refractivity contribution is 0.415. The Labute approximate surface area is 146 Å². The van der Waals surface area contributed by atoms with Gasteiger partial charge < -0.3 is 9.30 Å². The van der Waals surface area contributed by atoms with Crippen molar-refractivity contribution in [1.29, 1.82) is 0 Å². The Morgan fingerprint density at radius 2 is 1.92 bits per heavy atom. The molecule has 0 saturated carbocycles. The first kappa shape index (κ1) is 16.3. The molecule has 3 aromatic rings. The number of nitrogens with zero attached hydrogens (tertiary/aromatic N) is 3. The minimum Gasteiger partial charge on any atom is -0.497 e. The molecule has 0 atom stereocenters. The summed E-state index contributed by atoms with van der Waals surface area (Å²) in [6.45, 7) is 0. The molecule has 0 radical (unpaired) electrons. The minimum absolute atomic E-state index is 0.815. The van der Waals surface area contributed by atoms with Gasteiger partial charge in [0.2, 0.25) is 0 Å². The SMILES string of the molecule is COc1cccc(-c2nnc(SCC=Cc3ccccc3)n2C)c1. The van der Waals surface area contributed by atoms with E-state index in [0.717, 1.165) is 28.0 Å². The highest BCUT2D eigenvalue weighted by Gasteiger charge is 2.11. The summed E-state index contributed by atoms with van der Waals surface area (Å²) in [4.78, 5) is 0. The largest absolute Gasteiger partial charge is 0.497 e. The Morgan fingerprint density at radius 3 is 2.71 bits per heavy atom. The molecule has 0 aliphatic carbocycles. The quantitative estimate of drug-likeness (QED) is 0.629. The zero-order chi connectivity index (χ0) is 16.8. The average molecular weight is 337 g/mol. The maximum atomic E-state index is 5.27. The average Bonchev–Trinajstić information content (AvgIpc) is 3.00. The number of hydrogen-bond donors (Lipinski definition) is 0. The van der Waals surface area contributed by atoms with Gasteiger partial charge in [-0.25, -0.2) is 0 Å².